The fourth-order valence-electron chi connectivity index (χ4n) is 8.32. The second kappa shape index (κ2) is 17.4. The van der Waals surface area contributed by atoms with E-state index >= 15 is 0 Å². The molecule has 302 valence electrons. The third kappa shape index (κ3) is 8.79. The Morgan fingerprint density at radius 3 is 2.12 bits per heavy atom. The number of anilines is 2. The van der Waals surface area contributed by atoms with E-state index in [2.05, 4.69) is 52.0 Å². The third-order valence-corrected chi connectivity index (χ3v) is 13.6. The van der Waals surface area contributed by atoms with E-state index < -0.39 is 22.0 Å². The van der Waals surface area contributed by atoms with Crippen LogP contribution in [0.2, 0.25) is 0 Å². The SMILES string of the molecule is CC1(C)Cc2c(C#N)c(S(=O)CCc3cccc(CC4(C)Cc5c(C#N)c(SCc6ccccn6)nc(N6CCOCC6)c5CO4)c3)nc(N3CCOCC3)c2CO1. The molecule has 14 heteroatoms. The lowest BCUT2D eigenvalue weighted by atomic mass is 9.84. The summed E-state index contributed by atoms with van der Waals surface area (Å²) in [6.45, 7) is 12.1. The van der Waals surface area contributed by atoms with Crippen molar-refractivity contribution in [1.82, 2.24) is 15.0 Å². The minimum absolute atomic E-state index is 0.329. The molecule has 3 aromatic heterocycles. The number of ether oxygens (including phenoxy) is 4. The number of benzene rings is 1. The van der Waals surface area contributed by atoms with Crippen LogP contribution in [0.25, 0.3) is 0 Å². The van der Waals surface area contributed by atoms with Gasteiger partial charge in [-0.25, -0.2) is 9.97 Å². The van der Waals surface area contributed by atoms with E-state index in [0.29, 0.717) is 106 Å². The summed E-state index contributed by atoms with van der Waals surface area (Å²) in [5.74, 6) is 2.57. The van der Waals surface area contributed by atoms with Crippen LogP contribution < -0.4 is 9.80 Å². The molecule has 2 atom stereocenters. The van der Waals surface area contributed by atoms with Gasteiger partial charge < -0.3 is 28.7 Å². The normalized spacial score (nSPS) is 20.7. The number of nitriles is 2. The maximum absolute atomic E-state index is 14.2. The molecule has 0 spiro atoms. The zero-order chi connectivity index (χ0) is 40.3. The first-order valence-electron chi connectivity index (χ1n) is 20.0. The monoisotopic (exact) mass is 819 g/mol. The van der Waals surface area contributed by atoms with E-state index in [1.54, 1.807) is 18.0 Å². The highest BCUT2D eigenvalue weighted by molar-refractivity contribution is 7.98. The van der Waals surface area contributed by atoms with Crippen LogP contribution in [0.1, 0.15) is 71.0 Å². The summed E-state index contributed by atoms with van der Waals surface area (Å²) in [4.78, 5) is 19.0. The van der Waals surface area contributed by atoms with E-state index in [1.165, 1.54) is 0 Å². The molecule has 8 rings (SSSR count). The Morgan fingerprint density at radius 2 is 1.45 bits per heavy atom. The molecule has 2 saturated heterocycles. The number of hydrogen-bond donors (Lipinski definition) is 0. The van der Waals surface area contributed by atoms with Gasteiger partial charge in [0, 0.05) is 74.3 Å². The summed E-state index contributed by atoms with van der Waals surface area (Å²) in [5.41, 5.74) is 6.89. The van der Waals surface area contributed by atoms with Gasteiger partial charge in [-0.05, 0) is 61.6 Å². The molecule has 2 unspecified atom stereocenters. The Kier molecular flexibility index (Phi) is 12.1. The quantitative estimate of drug-likeness (QED) is 0.167. The lowest BCUT2D eigenvalue weighted by Gasteiger charge is -2.39. The van der Waals surface area contributed by atoms with Crippen molar-refractivity contribution in [2.45, 2.75) is 86.7 Å². The highest BCUT2D eigenvalue weighted by Crippen LogP contribution is 2.41. The maximum atomic E-state index is 14.2. The first-order valence-corrected chi connectivity index (χ1v) is 22.3. The molecule has 0 aliphatic carbocycles. The van der Waals surface area contributed by atoms with Gasteiger partial charge in [0.2, 0.25) is 0 Å². The molecule has 58 heavy (non-hydrogen) atoms. The van der Waals surface area contributed by atoms with E-state index in [1.807, 2.05) is 38.1 Å². The average Bonchev–Trinajstić information content (AvgIpc) is 3.24. The molecule has 1 aromatic carbocycles. The van der Waals surface area contributed by atoms with E-state index in [0.717, 1.165) is 68.8 Å². The van der Waals surface area contributed by atoms with Crippen LogP contribution in [-0.2, 0) is 74.4 Å². The van der Waals surface area contributed by atoms with Crippen LogP contribution in [-0.4, -0.2) is 88.7 Å². The molecule has 0 N–H and O–H groups in total. The van der Waals surface area contributed by atoms with Gasteiger partial charge in [-0.2, -0.15) is 10.5 Å². The van der Waals surface area contributed by atoms with E-state index in [4.69, 9.17) is 28.9 Å². The lowest BCUT2D eigenvalue weighted by Crippen LogP contribution is -2.41. The van der Waals surface area contributed by atoms with Crippen LogP contribution in [0.4, 0.5) is 11.6 Å². The molecule has 0 saturated carbocycles. The fraction of sp³-hybridized carbons (Fsp3) is 0.477. The predicted octanol–water partition coefficient (Wildman–Crippen LogP) is 5.86. The number of aryl methyl sites for hydroxylation is 1. The molecule has 4 aliphatic rings. The van der Waals surface area contributed by atoms with Gasteiger partial charge in [-0.3, -0.25) is 9.19 Å². The predicted molar refractivity (Wildman–Crippen MR) is 222 cm³/mol. The number of rotatable bonds is 11. The number of morpholine rings is 2. The van der Waals surface area contributed by atoms with Crippen molar-refractivity contribution < 1.29 is 23.2 Å². The van der Waals surface area contributed by atoms with Crippen molar-refractivity contribution in [3.63, 3.8) is 0 Å². The Balaban J connectivity index is 1.02. The maximum Gasteiger partial charge on any atom is 0.147 e. The van der Waals surface area contributed by atoms with Crippen molar-refractivity contribution >= 4 is 34.2 Å². The molecule has 7 heterocycles. The van der Waals surface area contributed by atoms with Crippen LogP contribution in [0, 0.1) is 22.7 Å². The van der Waals surface area contributed by atoms with Crippen LogP contribution in [0.3, 0.4) is 0 Å². The third-order valence-electron chi connectivity index (χ3n) is 11.3. The molecular weight excluding hydrogens is 771 g/mol. The van der Waals surface area contributed by atoms with E-state index in [9.17, 15) is 14.7 Å². The van der Waals surface area contributed by atoms with E-state index in [-0.39, 0.29) is 0 Å². The lowest BCUT2D eigenvalue weighted by molar-refractivity contribution is -0.0537. The summed E-state index contributed by atoms with van der Waals surface area (Å²) in [6, 6.07) is 19.1. The van der Waals surface area contributed by atoms with Gasteiger partial charge >= 0.3 is 0 Å². The summed E-state index contributed by atoms with van der Waals surface area (Å²) in [5, 5.41) is 22.1. The number of hydrogen-bond acceptors (Lipinski definition) is 13. The molecule has 4 aromatic rings. The summed E-state index contributed by atoms with van der Waals surface area (Å²) >= 11 is 1.55. The first-order chi connectivity index (χ1) is 28.1. The van der Waals surface area contributed by atoms with Gasteiger partial charge in [-0.1, -0.05) is 42.1 Å². The standard InChI is InChI=1S/C44H49N7O5S2/c1-43(2)23-33-36(26-46)42(49-40(37(33)27-55-43)51-14-18-54-19-15-51)58(52)20-10-30-7-6-8-31(21-30)22-44(3)24-34-35(25-45)41(57-29-32-9-4-5-11-47-32)48-39(38(34)28-56-44)50-12-16-53-17-13-50/h4-9,11,21H,10,12-20,22-24,27-29H2,1-3H3. The Bertz CT molecular complexity index is 2270. The highest BCUT2D eigenvalue weighted by atomic mass is 32.2. The number of fused-ring (bicyclic) bond motifs is 2. The summed E-state index contributed by atoms with van der Waals surface area (Å²) < 4.78 is 38.3. The Labute approximate surface area is 347 Å². The number of nitrogens with zero attached hydrogens (tertiary/aromatic N) is 7. The van der Waals surface area contributed by atoms with Gasteiger partial charge in [0.05, 0.1) is 78.5 Å². The summed E-state index contributed by atoms with van der Waals surface area (Å²) in [7, 11) is -1.52. The van der Waals surface area contributed by atoms with Crippen LogP contribution in [0.5, 0.6) is 0 Å². The van der Waals surface area contributed by atoms with Crippen molar-refractivity contribution in [3.8, 4) is 12.1 Å². The topological polar surface area (TPSA) is 147 Å². The number of pyridine rings is 3. The minimum Gasteiger partial charge on any atom is -0.378 e. The molecule has 4 aliphatic heterocycles. The largest absolute Gasteiger partial charge is 0.378 e. The van der Waals surface area contributed by atoms with Gasteiger partial charge in [0.1, 0.15) is 33.8 Å². The van der Waals surface area contributed by atoms with Crippen molar-refractivity contribution in [1.29, 1.82) is 10.5 Å². The number of aromatic nitrogens is 3. The van der Waals surface area contributed by atoms with Crippen molar-refractivity contribution in [2.75, 3.05) is 68.2 Å². The van der Waals surface area contributed by atoms with Gasteiger partial charge in [-0.15, -0.1) is 0 Å². The Hall–Kier alpha value is -4.41. The zero-order valence-corrected chi connectivity index (χ0v) is 35.1. The fourth-order valence-corrected chi connectivity index (χ4v) is 10.4. The molecular formula is C44H49N7O5S2. The smallest absolute Gasteiger partial charge is 0.147 e. The molecule has 12 nitrogen and oxygen atoms in total. The molecule has 2 fully saturated rings. The van der Waals surface area contributed by atoms with Crippen molar-refractivity contribution in [3.05, 3.63) is 98.9 Å². The second-order valence-electron chi connectivity index (χ2n) is 16.1. The Morgan fingerprint density at radius 1 is 0.793 bits per heavy atom. The van der Waals surface area contributed by atoms with Crippen LogP contribution >= 0.6 is 11.8 Å². The zero-order valence-electron chi connectivity index (χ0n) is 33.4. The summed E-state index contributed by atoms with van der Waals surface area (Å²) in [6.07, 6.45) is 4.08. The van der Waals surface area contributed by atoms with Crippen LogP contribution in [0.15, 0.2) is 58.7 Å². The first kappa shape index (κ1) is 40.4. The molecule has 0 radical (unpaired) electrons. The van der Waals surface area contributed by atoms with Crippen molar-refractivity contribution in [2.24, 2.45) is 0 Å². The van der Waals surface area contributed by atoms with Gasteiger partial charge in [0.15, 0.2) is 0 Å². The second-order valence-corrected chi connectivity index (χ2v) is 18.6. The minimum atomic E-state index is -1.52. The highest BCUT2D eigenvalue weighted by Gasteiger charge is 2.38. The molecule has 0 bridgehead atoms. The van der Waals surface area contributed by atoms with Gasteiger partial charge in [0.25, 0.3) is 0 Å². The molecule has 0 amide bonds. The number of thioether (sulfide) groups is 1. The average molecular weight is 820 g/mol.